The Hall–Kier alpha value is -2.15. The van der Waals surface area contributed by atoms with Gasteiger partial charge >= 0.3 is 11.9 Å². The topological polar surface area (TPSA) is 92.7 Å². The van der Waals surface area contributed by atoms with Crippen LogP contribution >= 0.6 is 11.3 Å². The first kappa shape index (κ1) is 21.6. The van der Waals surface area contributed by atoms with Crippen LogP contribution in [-0.4, -0.2) is 29.6 Å². The predicted octanol–water partition coefficient (Wildman–Crippen LogP) is 4.51. The number of hydrogen-bond acceptors (Lipinski definition) is 5. The Morgan fingerprint density at radius 2 is 1.83 bits per heavy atom. The van der Waals surface area contributed by atoms with Crippen LogP contribution < -0.4 is 5.32 Å². The smallest absolute Gasteiger partial charge is 0.341 e. The number of amides is 1. The van der Waals surface area contributed by atoms with E-state index >= 15 is 0 Å². The molecule has 2 saturated carbocycles. The molecule has 0 saturated heterocycles. The second kappa shape index (κ2) is 8.69. The summed E-state index contributed by atoms with van der Waals surface area (Å²) in [4.78, 5) is 38.6. The van der Waals surface area contributed by atoms with E-state index in [4.69, 9.17) is 4.74 Å². The number of rotatable bonds is 7. The van der Waals surface area contributed by atoms with Crippen LogP contribution in [0.4, 0.5) is 5.00 Å². The average Bonchev–Trinajstić information content (AvgIpc) is 3.33. The zero-order valence-electron chi connectivity index (χ0n) is 17.4. The molecular weight excluding hydrogens is 390 g/mol. The van der Waals surface area contributed by atoms with Gasteiger partial charge in [0.25, 0.3) is 0 Å². The Bertz CT molecular complexity index is 851. The van der Waals surface area contributed by atoms with Crippen molar-refractivity contribution < 1.29 is 24.2 Å². The molecule has 2 aliphatic rings. The quantitative estimate of drug-likeness (QED) is 0.501. The maximum atomic E-state index is 13.2. The molecule has 0 aromatic carbocycles. The summed E-state index contributed by atoms with van der Waals surface area (Å²) in [6, 6.07) is 1.78. The second-order valence-corrected chi connectivity index (χ2v) is 9.19. The third-order valence-corrected chi connectivity index (χ3v) is 7.13. The minimum Gasteiger partial charge on any atom is -0.481 e. The van der Waals surface area contributed by atoms with Gasteiger partial charge in [0, 0.05) is 4.88 Å². The summed E-state index contributed by atoms with van der Waals surface area (Å²) in [5, 5.41) is 13.2. The molecule has 29 heavy (non-hydrogen) atoms. The van der Waals surface area contributed by atoms with Crippen molar-refractivity contribution in [2.75, 3.05) is 11.9 Å². The van der Waals surface area contributed by atoms with E-state index in [-0.39, 0.29) is 24.3 Å². The van der Waals surface area contributed by atoms with Crippen molar-refractivity contribution in [1.29, 1.82) is 0 Å². The van der Waals surface area contributed by atoms with E-state index in [1.807, 2.05) is 13.8 Å². The molecule has 3 rings (SSSR count). The molecule has 0 unspecified atom stereocenters. The summed E-state index contributed by atoms with van der Waals surface area (Å²) < 4.78 is 5.14. The zero-order valence-corrected chi connectivity index (χ0v) is 18.2. The molecule has 158 valence electrons. The minimum atomic E-state index is -0.917. The SMILES string of the molecule is CCCc1cc(C(=O)OCC)c(NC(=O)[C@H]2[C@@H](C(=O)O)[C@H]3CC[C@@H]2C3=C(C)C)s1. The van der Waals surface area contributed by atoms with E-state index in [0.717, 1.165) is 41.7 Å². The number of carbonyl (C=O) groups is 3. The second-order valence-electron chi connectivity index (χ2n) is 8.05. The normalized spacial score (nSPS) is 25.2. The van der Waals surface area contributed by atoms with E-state index < -0.39 is 23.8 Å². The molecule has 1 amide bonds. The fourth-order valence-electron chi connectivity index (χ4n) is 5.06. The van der Waals surface area contributed by atoms with Gasteiger partial charge in [-0.15, -0.1) is 11.3 Å². The van der Waals surface area contributed by atoms with Gasteiger partial charge in [0.1, 0.15) is 5.00 Å². The highest BCUT2D eigenvalue weighted by Crippen LogP contribution is 2.57. The van der Waals surface area contributed by atoms with Crippen molar-refractivity contribution >= 4 is 34.2 Å². The molecule has 0 spiro atoms. The Kier molecular flexibility index (Phi) is 6.46. The number of esters is 1. The van der Waals surface area contributed by atoms with Crippen LogP contribution in [0.15, 0.2) is 17.2 Å². The van der Waals surface area contributed by atoms with E-state index in [2.05, 4.69) is 12.2 Å². The number of carbonyl (C=O) groups excluding carboxylic acids is 2. The Morgan fingerprint density at radius 1 is 1.17 bits per heavy atom. The van der Waals surface area contributed by atoms with Crippen LogP contribution in [0.1, 0.15) is 62.2 Å². The lowest BCUT2D eigenvalue weighted by atomic mass is 9.79. The monoisotopic (exact) mass is 419 g/mol. The molecule has 2 aliphatic carbocycles. The van der Waals surface area contributed by atoms with E-state index in [9.17, 15) is 19.5 Å². The van der Waals surface area contributed by atoms with Crippen LogP contribution in [0, 0.1) is 23.7 Å². The lowest BCUT2D eigenvalue weighted by Crippen LogP contribution is -2.37. The number of hydrogen-bond donors (Lipinski definition) is 2. The van der Waals surface area contributed by atoms with Crippen LogP contribution in [0.3, 0.4) is 0 Å². The van der Waals surface area contributed by atoms with Gasteiger partial charge in [-0.3, -0.25) is 9.59 Å². The number of allylic oxidation sites excluding steroid dienone is 2. The number of thiophene rings is 1. The van der Waals surface area contributed by atoms with Gasteiger partial charge < -0.3 is 15.2 Å². The Morgan fingerprint density at radius 3 is 2.38 bits per heavy atom. The summed E-state index contributed by atoms with van der Waals surface area (Å²) >= 11 is 1.37. The lowest BCUT2D eigenvalue weighted by molar-refractivity contribution is -0.148. The standard InChI is InChI=1S/C22H29NO5S/c1-5-7-12-10-15(22(27)28-6-2)20(29-12)23-19(24)17-13-8-9-14(16(13)11(3)4)18(17)21(25)26/h10,13-14,17-18H,5-9H2,1-4H3,(H,23,24)(H,25,26)/t13-,14+,17-,18+/m1/s1. The van der Waals surface area contributed by atoms with Gasteiger partial charge in [0.05, 0.1) is 24.0 Å². The van der Waals surface area contributed by atoms with Gasteiger partial charge in [-0.1, -0.05) is 24.5 Å². The summed E-state index contributed by atoms with van der Waals surface area (Å²) in [6.07, 6.45) is 3.39. The largest absolute Gasteiger partial charge is 0.481 e. The third-order valence-electron chi connectivity index (χ3n) is 6.02. The first-order valence-electron chi connectivity index (χ1n) is 10.3. The number of nitrogens with one attached hydrogen (secondary N) is 1. The van der Waals surface area contributed by atoms with Crippen molar-refractivity contribution in [1.82, 2.24) is 0 Å². The molecule has 2 fully saturated rings. The van der Waals surface area contributed by atoms with Gasteiger partial charge in [-0.05, 0) is 57.9 Å². The molecule has 4 atom stereocenters. The highest BCUT2D eigenvalue weighted by Gasteiger charge is 2.57. The van der Waals surface area contributed by atoms with Crippen LogP contribution in [0.2, 0.25) is 0 Å². The fourth-order valence-corrected chi connectivity index (χ4v) is 6.21. The molecule has 7 heteroatoms. The summed E-state index contributed by atoms with van der Waals surface area (Å²) in [5.74, 6) is -3.11. The number of fused-ring (bicyclic) bond motifs is 2. The Balaban J connectivity index is 1.90. The predicted molar refractivity (Wildman–Crippen MR) is 112 cm³/mol. The number of carboxylic acid groups (broad SMARTS) is 1. The van der Waals surface area contributed by atoms with Crippen LogP contribution in [-0.2, 0) is 20.7 Å². The van der Waals surface area contributed by atoms with Crippen LogP contribution in [0.25, 0.3) is 0 Å². The first-order chi connectivity index (χ1) is 13.8. The molecule has 2 N–H and O–H groups in total. The molecule has 1 heterocycles. The molecular formula is C22H29NO5S. The van der Waals surface area contributed by atoms with Crippen molar-refractivity contribution in [3.05, 3.63) is 27.7 Å². The van der Waals surface area contributed by atoms with Crippen LogP contribution in [0.5, 0.6) is 0 Å². The van der Waals surface area contributed by atoms with Crippen molar-refractivity contribution in [2.45, 2.75) is 53.4 Å². The molecule has 6 nitrogen and oxygen atoms in total. The lowest BCUT2D eigenvalue weighted by Gasteiger charge is -2.26. The van der Waals surface area contributed by atoms with Crippen molar-refractivity contribution in [2.24, 2.45) is 23.7 Å². The first-order valence-corrected chi connectivity index (χ1v) is 11.1. The van der Waals surface area contributed by atoms with Gasteiger partial charge in [0.15, 0.2) is 0 Å². The molecule has 1 aromatic rings. The number of aliphatic carboxylic acids is 1. The van der Waals surface area contributed by atoms with E-state index in [1.165, 1.54) is 11.3 Å². The van der Waals surface area contributed by atoms with Gasteiger partial charge in [0.2, 0.25) is 5.91 Å². The maximum absolute atomic E-state index is 13.2. The van der Waals surface area contributed by atoms with Gasteiger partial charge in [-0.2, -0.15) is 0 Å². The summed E-state index contributed by atoms with van der Waals surface area (Å²) in [7, 11) is 0. The molecule has 2 bridgehead atoms. The number of aryl methyl sites for hydroxylation is 1. The van der Waals surface area contributed by atoms with E-state index in [1.54, 1.807) is 13.0 Å². The van der Waals surface area contributed by atoms with E-state index in [0.29, 0.717) is 10.6 Å². The Labute approximate surface area is 175 Å². The molecule has 1 aromatic heterocycles. The average molecular weight is 420 g/mol. The number of anilines is 1. The summed E-state index contributed by atoms with van der Waals surface area (Å²) in [5.41, 5.74) is 2.61. The number of carboxylic acids is 1. The zero-order chi connectivity index (χ0) is 21.3. The maximum Gasteiger partial charge on any atom is 0.341 e. The van der Waals surface area contributed by atoms with Crippen molar-refractivity contribution in [3.63, 3.8) is 0 Å². The highest BCUT2D eigenvalue weighted by atomic mass is 32.1. The third kappa shape index (κ3) is 3.97. The fraction of sp³-hybridized carbons (Fsp3) is 0.591. The van der Waals surface area contributed by atoms with Crippen molar-refractivity contribution in [3.8, 4) is 0 Å². The van der Waals surface area contributed by atoms with Gasteiger partial charge in [-0.25, -0.2) is 4.79 Å². The minimum absolute atomic E-state index is 0.0350. The highest BCUT2D eigenvalue weighted by molar-refractivity contribution is 7.16. The summed E-state index contributed by atoms with van der Waals surface area (Å²) in [6.45, 7) is 8.03. The number of ether oxygens (including phenoxy) is 1. The molecule has 0 radical (unpaired) electrons. The molecule has 0 aliphatic heterocycles.